The lowest BCUT2D eigenvalue weighted by Crippen LogP contribution is -2.34. The molecular weight excluding hydrogens is 120 g/mol. The maximum atomic E-state index is 10.3. The third-order valence-electron chi connectivity index (χ3n) is 0.709. The zero-order valence-corrected chi connectivity index (χ0v) is 5.55. The van der Waals surface area contributed by atoms with Gasteiger partial charge in [0.1, 0.15) is 0 Å². The first-order chi connectivity index (χ1) is 3.95. The third kappa shape index (κ3) is 5.10. The van der Waals surface area contributed by atoms with Crippen molar-refractivity contribution in [1.82, 2.24) is 0 Å². The van der Waals surface area contributed by atoms with Crippen molar-refractivity contribution in [3.63, 3.8) is 0 Å². The smallest absolute Gasteiger partial charge is 0.288 e. The average Bonchev–Trinajstić information content (AvgIpc) is 1.62. The molecule has 0 spiro atoms. The fourth-order valence-electron chi connectivity index (χ4n) is 0.422. The van der Waals surface area contributed by atoms with Crippen molar-refractivity contribution >= 4 is 5.91 Å². The van der Waals surface area contributed by atoms with Gasteiger partial charge in [0.05, 0.1) is 0 Å². The highest BCUT2D eigenvalue weighted by Crippen LogP contribution is 2.03. The largest absolute Gasteiger partial charge is 0.325 e. The van der Waals surface area contributed by atoms with E-state index >= 15 is 0 Å². The first-order valence-electron chi connectivity index (χ1n) is 2.61. The summed E-state index contributed by atoms with van der Waals surface area (Å²) in [5, 5.41) is 2.20. The van der Waals surface area contributed by atoms with Gasteiger partial charge in [0.25, 0.3) is 5.91 Å². The Balaban J connectivity index is 3.74. The van der Waals surface area contributed by atoms with Crippen molar-refractivity contribution in [2.75, 3.05) is 0 Å². The van der Waals surface area contributed by atoms with Gasteiger partial charge in [-0.25, -0.2) is 0 Å². The molecule has 0 heterocycles. The Bertz CT molecular complexity index is 125. The second-order valence-electron chi connectivity index (χ2n) is 2.65. The Morgan fingerprint density at radius 1 is 1.67 bits per heavy atom. The molecule has 0 saturated carbocycles. The van der Waals surface area contributed by atoms with E-state index in [0.29, 0.717) is 0 Å². The number of hydrogen-bond acceptors (Lipinski definition) is 3. The SMILES string of the molecule is CC(C)(N)CC(=O)N=O. The van der Waals surface area contributed by atoms with E-state index in [-0.39, 0.29) is 6.42 Å². The third-order valence-corrected chi connectivity index (χ3v) is 0.709. The van der Waals surface area contributed by atoms with E-state index in [1.807, 2.05) is 0 Å². The fraction of sp³-hybridized carbons (Fsp3) is 0.800. The van der Waals surface area contributed by atoms with Crippen molar-refractivity contribution in [2.45, 2.75) is 25.8 Å². The minimum Gasteiger partial charge on any atom is -0.325 e. The van der Waals surface area contributed by atoms with E-state index in [0.717, 1.165) is 0 Å². The van der Waals surface area contributed by atoms with Crippen LogP contribution >= 0.6 is 0 Å². The Labute approximate surface area is 53.4 Å². The first kappa shape index (κ1) is 8.23. The molecule has 0 radical (unpaired) electrons. The van der Waals surface area contributed by atoms with Gasteiger partial charge in [-0.3, -0.25) is 4.79 Å². The molecule has 0 aliphatic rings. The Morgan fingerprint density at radius 2 is 2.11 bits per heavy atom. The van der Waals surface area contributed by atoms with Crippen LogP contribution in [-0.4, -0.2) is 11.4 Å². The van der Waals surface area contributed by atoms with Crippen LogP contribution in [0.2, 0.25) is 0 Å². The zero-order chi connectivity index (χ0) is 7.49. The maximum Gasteiger partial charge on any atom is 0.288 e. The molecule has 0 saturated heterocycles. The molecule has 2 N–H and O–H groups in total. The zero-order valence-electron chi connectivity index (χ0n) is 5.55. The summed E-state index contributed by atoms with van der Waals surface area (Å²) in [6.07, 6.45) is 0.0104. The molecule has 9 heavy (non-hydrogen) atoms. The maximum absolute atomic E-state index is 10.3. The molecule has 4 nitrogen and oxygen atoms in total. The Morgan fingerprint density at radius 3 is 2.22 bits per heavy atom. The van der Waals surface area contributed by atoms with Gasteiger partial charge >= 0.3 is 0 Å². The monoisotopic (exact) mass is 130 g/mol. The molecule has 0 bridgehead atoms. The molecule has 0 aromatic rings. The summed E-state index contributed by atoms with van der Waals surface area (Å²) in [7, 11) is 0. The first-order valence-corrected chi connectivity index (χ1v) is 2.61. The molecule has 0 rings (SSSR count). The predicted octanol–water partition coefficient (Wildman–Crippen LogP) is 0.407. The van der Waals surface area contributed by atoms with Crippen molar-refractivity contribution in [3.05, 3.63) is 4.91 Å². The summed E-state index contributed by atoms with van der Waals surface area (Å²) in [5.74, 6) is -0.692. The van der Waals surface area contributed by atoms with Crippen LogP contribution in [0.3, 0.4) is 0 Å². The number of nitrogens with zero attached hydrogens (tertiary/aromatic N) is 1. The highest BCUT2D eigenvalue weighted by molar-refractivity contribution is 5.77. The number of carbonyl (C=O) groups is 1. The van der Waals surface area contributed by atoms with Gasteiger partial charge in [0.15, 0.2) is 0 Å². The summed E-state index contributed by atoms with van der Waals surface area (Å²) in [4.78, 5) is 19.8. The van der Waals surface area contributed by atoms with Crippen molar-refractivity contribution < 1.29 is 4.79 Å². The molecule has 0 aromatic carbocycles. The number of nitrogens with two attached hydrogens (primary N) is 1. The quantitative estimate of drug-likeness (QED) is 0.550. The Hall–Kier alpha value is -0.770. The second kappa shape index (κ2) is 2.68. The van der Waals surface area contributed by atoms with Gasteiger partial charge in [-0.15, -0.1) is 4.91 Å². The molecule has 0 atom stereocenters. The van der Waals surface area contributed by atoms with Crippen molar-refractivity contribution in [2.24, 2.45) is 10.9 Å². The van der Waals surface area contributed by atoms with Gasteiger partial charge in [-0.05, 0) is 13.8 Å². The minimum absolute atomic E-state index is 0.0104. The molecule has 52 valence electrons. The summed E-state index contributed by atoms with van der Waals surface area (Å²) in [6.45, 7) is 3.33. The lowest BCUT2D eigenvalue weighted by atomic mass is 10.0. The number of amides is 1. The predicted molar refractivity (Wildman–Crippen MR) is 33.7 cm³/mol. The van der Waals surface area contributed by atoms with Crippen LogP contribution in [0.15, 0.2) is 5.18 Å². The summed E-state index contributed by atoms with van der Waals surface area (Å²) in [6, 6.07) is 0. The van der Waals surface area contributed by atoms with Gasteiger partial charge < -0.3 is 5.73 Å². The molecule has 0 aliphatic heterocycles. The van der Waals surface area contributed by atoms with Crippen molar-refractivity contribution in [1.29, 1.82) is 0 Å². The van der Waals surface area contributed by atoms with Crippen LogP contribution in [0, 0.1) is 4.91 Å². The van der Waals surface area contributed by atoms with Crippen LogP contribution in [0.4, 0.5) is 0 Å². The number of carbonyl (C=O) groups excluding carboxylic acids is 1. The van der Waals surface area contributed by atoms with E-state index in [4.69, 9.17) is 5.73 Å². The van der Waals surface area contributed by atoms with Crippen molar-refractivity contribution in [3.8, 4) is 0 Å². The minimum atomic E-state index is -0.692. The van der Waals surface area contributed by atoms with E-state index in [1.165, 1.54) is 0 Å². The number of hydrogen-bond donors (Lipinski definition) is 1. The molecular formula is C5H10N2O2. The van der Waals surface area contributed by atoms with Crippen LogP contribution in [0.5, 0.6) is 0 Å². The van der Waals surface area contributed by atoms with E-state index < -0.39 is 11.4 Å². The normalized spacial score (nSPS) is 11.0. The van der Waals surface area contributed by atoms with Crippen LogP contribution in [-0.2, 0) is 4.79 Å². The number of rotatable bonds is 2. The van der Waals surface area contributed by atoms with Crippen LogP contribution < -0.4 is 5.73 Å². The molecule has 0 unspecified atom stereocenters. The summed E-state index contributed by atoms with van der Waals surface area (Å²) < 4.78 is 0. The van der Waals surface area contributed by atoms with Gasteiger partial charge in [-0.2, -0.15) is 0 Å². The van der Waals surface area contributed by atoms with E-state index in [1.54, 1.807) is 13.8 Å². The highest BCUT2D eigenvalue weighted by atomic mass is 16.3. The van der Waals surface area contributed by atoms with Gasteiger partial charge in [0, 0.05) is 17.1 Å². The molecule has 4 heteroatoms. The molecule has 0 aromatic heterocycles. The molecule has 1 amide bonds. The standard InChI is InChI=1S/C5H10N2O2/c1-5(2,6)3-4(8)7-9/h3,6H2,1-2H3. The average molecular weight is 130 g/mol. The summed E-state index contributed by atoms with van der Waals surface area (Å²) >= 11 is 0. The second-order valence-corrected chi connectivity index (χ2v) is 2.65. The molecule has 0 aliphatic carbocycles. The Kier molecular flexibility index (Phi) is 2.45. The fourth-order valence-corrected chi connectivity index (χ4v) is 0.422. The van der Waals surface area contributed by atoms with E-state index in [9.17, 15) is 9.70 Å². The highest BCUT2D eigenvalue weighted by Gasteiger charge is 2.15. The van der Waals surface area contributed by atoms with Gasteiger partial charge in [0.2, 0.25) is 0 Å². The lowest BCUT2D eigenvalue weighted by Gasteiger charge is -2.13. The summed E-state index contributed by atoms with van der Waals surface area (Å²) in [5.41, 5.74) is 4.77. The lowest BCUT2D eigenvalue weighted by molar-refractivity contribution is -0.118. The van der Waals surface area contributed by atoms with Crippen LogP contribution in [0.1, 0.15) is 20.3 Å². The van der Waals surface area contributed by atoms with Crippen LogP contribution in [0.25, 0.3) is 0 Å². The molecule has 0 fully saturated rings. The topological polar surface area (TPSA) is 72.5 Å². The number of nitroso groups, excluding NO2 is 1. The van der Waals surface area contributed by atoms with Gasteiger partial charge in [-0.1, -0.05) is 0 Å². The van der Waals surface area contributed by atoms with E-state index in [2.05, 4.69) is 5.18 Å².